The van der Waals surface area contributed by atoms with E-state index in [2.05, 4.69) is 20.3 Å². The van der Waals surface area contributed by atoms with Crippen LogP contribution >= 0.6 is 0 Å². The Bertz CT molecular complexity index is 641. The molecule has 156 valence electrons. The van der Waals surface area contributed by atoms with Gasteiger partial charge in [0.05, 0.1) is 12.8 Å². The summed E-state index contributed by atoms with van der Waals surface area (Å²) in [7, 11) is -3.29. The van der Waals surface area contributed by atoms with Gasteiger partial charge in [-0.1, -0.05) is 12.8 Å². The van der Waals surface area contributed by atoms with Gasteiger partial charge in [-0.05, 0) is 40.0 Å². The Morgan fingerprint density at radius 1 is 1.22 bits per heavy atom. The highest BCUT2D eigenvalue weighted by molar-refractivity contribution is 7.88. The molecule has 1 aliphatic carbocycles. The molecule has 9 heteroatoms. The van der Waals surface area contributed by atoms with Gasteiger partial charge in [0, 0.05) is 37.1 Å². The minimum absolute atomic E-state index is 0.166. The van der Waals surface area contributed by atoms with Gasteiger partial charge in [-0.25, -0.2) is 13.1 Å². The van der Waals surface area contributed by atoms with Gasteiger partial charge in [0.1, 0.15) is 0 Å². The molecular formula is C18H35N5O3S. The maximum atomic E-state index is 12.6. The van der Waals surface area contributed by atoms with Gasteiger partial charge in [-0.2, -0.15) is 0 Å². The molecule has 2 rings (SSSR count). The predicted molar refractivity (Wildman–Crippen MR) is 108 cm³/mol. The Hall–Kier alpha value is -1.35. The molecule has 1 saturated carbocycles. The summed E-state index contributed by atoms with van der Waals surface area (Å²) in [6.07, 6.45) is 6.44. The summed E-state index contributed by atoms with van der Waals surface area (Å²) in [5.41, 5.74) is -0.671. The lowest BCUT2D eigenvalue weighted by molar-refractivity contribution is -0.134. The van der Waals surface area contributed by atoms with Crippen molar-refractivity contribution in [3.63, 3.8) is 0 Å². The van der Waals surface area contributed by atoms with Crippen LogP contribution in [0.3, 0.4) is 0 Å². The minimum atomic E-state index is -3.29. The second-order valence-electron chi connectivity index (χ2n) is 8.35. The van der Waals surface area contributed by atoms with Gasteiger partial charge in [0.15, 0.2) is 5.96 Å². The van der Waals surface area contributed by atoms with Crippen molar-refractivity contribution >= 4 is 21.9 Å². The van der Waals surface area contributed by atoms with Crippen LogP contribution in [0.5, 0.6) is 0 Å². The molecule has 0 radical (unpaired) electrons. The Labute approximate surface area is 163 Å². The van der Waals surface area contributed by atoms with Crippen LogP contribution in [0.1, 0.15) is 52.9 Å². The summed E-state index contributed by atoms with van der Waals surface area (Å²) in [6.45, 7) is 8.10. The van der Waals surface area contributed by atoms with E-state index in [9.17, 15) is 13.2 Å². The summed E-state index contributed by atoms with van der Waals surface area (Å²) in [5, 5.41) is 6.60. The summed E-state index contributed by atoms with van der Waals surface area (Å²) in [6, 6.07) is 0.166. The summed E-state index contributed by atoms with van der Waals surface area (Å²) >= 11 is 0. The molecular weight excluding hydrogens is 366 g/mol. The average Bonchev–Trinajstić information content (AvgIpc) is 3.22. The van der Waals surface area contributed by atoms with Gasteiger partial charge >= 0.3 is 0 Å². The van der Waals surface area contributed by atoms with Gasteiger partial charge in [-0.15, -0.1) is 0 Å². The van der Waals surface area contributed by atoms with Crippen molar-refractivity contribution in [2.24, 2.45) is 10.9 Å². The molecule has 1 atom stereocenters. The number of likely N-dealkylation sites (tertiary alicyclic amines) is 1. The van der Waals surface area contributed by atoms with E-state index in [1.54, 1.807) is 13.8 Å². The second kappa shape index (κ2) is 9.23. The molecule has 3 N–H and O–H groups in total. The third-order valence-electron chi connectivity index (χ3n) is 4.98. The van der Waals surface area contributed by atoms with Gasteiger partial charge in [0.2, 0.25) is 15.9 Å². The Balaban J connectivity index is 1.90. The Morgan fingerprint density at radius 3 is 2.48 bits per heavy atom. The lowest BCUT2D eigenvalue weighted by atomic mass is 10.1. The van der Waals surface area contributed by atoms with Crippen LogP contribution in [0, 0.1) is 5.92 Å². The van der Waals surface area contributed by atoms with E-state index in [0.29, 0.717) is 31.5 Å². The molecule has 2 aliphatic rings. The van der Waals surface area contributed by atoms with Crippen LogP contribution in [0.25, 0.3) is 0 Å². The molecule has 0 aromatic rings. The van der Waals surface area contributed by atoms with E-state index in [1.165, 1.54) is 12.8 Å². The number of amides is 1. The first kappa shape index (κ1) is 21.9. The fraction of sp³-hybridized carbons (Fsp3) is 0.889. The number of sulfonamides is 1. The van der Waals surface area contributed by atoms with Crippen LogP contribution in [0.2, 0.25) is 0 Å². The average molecular weight is 402 g/mol. The zero-order valence-corrected chi connectivity index (χ0v) is 17.9. The highest BCUT2D eigenvalue weighted by Crippen LogP contribution is 2.27. The van der Waals surface area contributed by atoms with E-state index >= 15 is 0 Å². The zero-order chi connectivity index (χ0) is 20.1. The first-order chi connectivity index (χ1) is 12.6. The number of carbonyl (C=O) groups is 1. The molecule has 1 heterocycles. The third kappa shape index (κ3) is 7.29. The largest absolute Gasteiger partial charge is 0.357 e. The van der Waals surface area contributed by atoms with Crippen LogP contribution in [-0.4, -0.2) is 69.2 Å². The number of hydrogen-bond acceptors (Lipinski definition) is 4. The van der Waals surface area contributed by atoms with Crippen molar-refractivity contribution in [1.29, 1.82) is 0 Å². The molecule has 0 aromatic carbocycles. The first-order valence-corrected chi connectivity index (χ1v) is 11.8. The molecule has 1 amide bonds. The van der Waals surface area contributed by atoms with Gasteiger partial charge in [0.25, 0.3) is 0 Å². The molecule has 2 fully saturated rings. The predicted octanol–water partition coefficient (Wildman–Crippen LogP) is 0.660. The molecule has 8 nitrogen and oxygen atoms in total. The van der Waals surface area contributed by atoms with Crippen LogP contribution in [-0.2, 0) is 14.8 Å². The molecule has 1 unspecified atom stereocenters. The van der Waals surface area contributed by atoms with E-state index < -0.39 is 15.6 Å². The van der Waals surface area contributed by atoms with E-state index in [4.69, 9.17) is 0 Å². The number of nitrogens with one attached hydrogen (secondary N) is 3. The lowest BCUT2D eigenvalue weighted by Gasteiger charge is -2.24. The Kier molecular flexibility index (Phi) is 7.50. The van der Waals surface area contributed by atoms with Crippen LogP contribution in [0.15, 0.2) is 4.99 Å². The van der Waals surface area contributed by atoms with Gasteiger partial charge in [-0.3, -0.25) is 9.79 Å². The number of hydrogen-bond donors (Lipinski definition) is 3. The maximum Gasteiger partial charge on any atom is 0.225 e. The summed E-state index contributed by atoms with van der Waals surface area (Å²) in [4.78, 5) is 19.1. The van der Waals surface area contributed by atoms with Crippen molar-refractivity contribution in [2.75, 3.05) is 32.4 Å². The van der Waals surface area contributed by atoms with Crippen molar-refractivity contribution < 1.29 is 13.2 Å². The number of nitrogens with zero attached hydrogens (tertiary/aromatic N) is 2. The number of carbonyl (C=O) groups excluding carboxylic acids is 1. The molecule has 27 heavy (non-hydrogen) atoms. The van der Waals surface area contributed by atoms with E-state index in [-0.39, 0.29) is 12.0 Å². The quantitative estimate of drug-likeness (QED) is 0.430. The standard InChI is InChI=1S/C18H35N5O3S/c1-5-19-17(20-13-18(2,3)22-27(4,25)26)21-15-10-11-23(12-15)16(24)14-8-6-7-9-14/h14-15,22H,5-13H2,1-4H3,(H2,19,20,21). The lowest BCUT2D eigenvalue weighted by Crippen LogP contribution is -2.48. The third-order valence-corrected chi connectivity index (χ3v) is 5.91. The maximum absolute atomic E-state index is 12.6. The highest BCUT2D eigenvalue weighted by Gasteiger charge is 2.32. The molecule has 0 aromatic heterocycles. The van der Waals surface area contributed by atoms with Crippen LogP contribution < -0.4 is 15.4 Å². The van der Waals surface area contributed by atoms with Gasteiger partial charge < -0.3 is 15.5 Å². The smallest absolute Gasteiger partial charge is 0.225 e. The monoisotopic (exact) mass is 401 g/mol. The van der Waals surface area contributed by atoms with Crippen molar-refractivity contribution in [1.82, 2.24) is 20.3 Å². The molecule has 1 saturated heterocycles. The fourth-order valence-corrected chi connectivity index (χ4v) is 4.90. The summed E-state index contributed by atoms with van der Waals surface area (Å²) in [5.74, 6) is 1.17. The normalized spacial score (nSPS) is 22.3. The fourth-order valence-electron chi connectivity index (χ4n) is 3.83. The number of guanidine groups is 1. The van der Waals surface area contributed by atoms with E-state index in [1.807, 2.05) is 11.8 Å². The Morgan fingerprint density at radius 2 is 1.89 bits per heavy atom. The van der Waals surface area contributed by atoms with Crippen molar-refractivity contribution in [2.45, 2.75) is 64.5 Å². The zero-order valence-electron chi connectivity index (χ0n) is 17.0. The van der Waals surface area contributed by atoms with Crippen molar-refractivity contribution in [3.8, 4) is 0 Å². The topological polar surface area (TPSA) is 103 Å². The molecule has 1 aliphatic heterocycles. The molecule has 0 spiro atoms. The number of aliphatic imine (C=N–C) groups is 1. The number of rotatable bonds is 7. The van der Waals surface area contributed by atoms with E-state index in [0.717, 1.165) is 32.1 Å². The first-order valence-electron chi connectivity index (χ1n) is 9.92. The highest BCUT2D eigenvalue weighted by atomic mass is 32.2. The summed E-state index contributed by atoms with van der Waals surface area (Å²) < 4.78 is 25.5. The van der Waals surface area contributed by atoms with Crippen molar-refractivity contribution in [3.05, 3.63) is 0 Å². The molecule has 0 bridgehead atoms. The SMILES string of the molecule is CCNC(=NCC(C)(C)NS(C)(=O)=O)NC1CCN(C(=O)C2CCCC2)C1. The van der Waals surface area contributed by atoms with Crippen LogP contribution in [0.4, 0.5) is 0 Å². The second-order valence-corrected chi connectivity index (χ2v) is 10.1. The minimum Gasteiger partial charge on any atom is -0.357 e.